The van der Waals surface area contributed by atoms with Crippen LogP contribution in [0.1, 0.15) is 92.1 Å². The van der Waals surface area contributed by atoms with Gasteiger partial charge in [-0.15, -0.1) is 0 Å². The molecule has 234 valence electrons. The van der Waals surface area contributed by atoms with E-state index in [9.17, 15) is 24.0 Å². The van der Waals surface area contributed by atoms with Gasteiger partial charge in [-0.3, -0.25) is 14.4 Å². The molecule has 0 radical (unpaired) electrons. The Balaban J connectivity index is 2.25. The van der Waals surface area contributed by atoms with Gasteiger partial charge in [0.05, 0.1) is 12.6 Å². The SMILES string of the molecule is CCOC(=O)C(=O)C(CC1CCCCC1)NC(=O)[C@H](CC(C)C)NC(=O)[C@H](Cc1ccccc1)NC(=O)OC(C)(C)C. The van der Waals surface area contributed by atoms with Gasteiger partial charge < -0.3 is 25.4 Å². The van der Waals surface area contributed by atoms with Gasteiger partial charge in [0.25, 0.3) is 5.78 Å². The maximum absolute atomic E-state index is 13.6. The van der Waals surface area contributed by atoms with Crippen LogP contribution in [0.15, 0.2) is 30.3 Å². The van der Waals surface area contributed by atoms with Crippen LogP contribution in [0, 0.1) is 11.8 Å². The Hall–Kier alpha value is -3.43. The summed E-state index contributed by atoms with van der Waals surface area (Å²) < 4.78 is 10.3. The van der Waals surface area contributed by atoms with Crippen LogP contribution in [-0.4, -0.2) is 60.0 Å². The molecule has 3 amide bonds. The molecule has 0 heterocycles. The first kappa shape index (κ1) is 34.8. The van der Waals surface area contributed by atoms with Gasteiger partial charge in [-0.25, -0.2) is 9.59 Å². The molecular formula is C32H49N3O7. The number of alkyl carbamates (subject to hydrolysis) is 1. The summed E-state index contributed by atoms with van der Waals surface area (Å²) in [7, 11) is 0. The average Bonchev–Trinajstić information content (AvgIpc) is 2.91. The van der Waals surface area contributed by atoms with E-state index in [0.29, 0.717) is 6.42 Å². The van der Waals surface area contributed by atoms with Crippen LogP contribution in [0.3, 0.4) is 0 Å². The van der Waals surface area contributed by atoms with Crippen molar-refractivity contribution in [1.82, 2.24) is 16.0 Å². The van der Waals surface area contributed by atoms with Crippen LogP contribution < -0.4 is 16.0 Å². The second-order valence-corrected chi connectivity index (χ2v) is 12.5. The summed E-state index contributed by atoms with van der Waals surface area (Å²) in [4.78, 5) is 65.2. The van der Waals surface area contributed by atoms with E-state index in [4.69, 9.17) is 9.47 Å². The van der Waals surface area contributed by atoms with Crippen molar-refractivity contribution in [2.24, 2.45) is 11.8 Å². The number of ketones is 1. The first-order chi connectivity index (χ1) is 19.8. The second kappa shape index (κ2) is 16.9. The molecule has 3 atom stereocenters. The molecule has 1 aromatic carbocycles. The quantitative estimate of drug-likeness (QED) is 0.218. The molecule has 42 heavy (non-hydrogen) atoms. The van der Waals surface area contributed by atoms with Crippen LogP contribution in [0.25, 0.3) is 0 Å². The highest BCUT2D eigenvalue weighted by Gasteiger charge is 2.34. The van der Waals surface area contributed by atoms with Crippen molar-refractivity contribution in [2.75, 3.05) is 6.61 Å². The molecule has 2 rings (SSSR count). The minimum Gasteiger partial charge on any atom is -0.460 e. The summed E-state index contributed by atoms with van der Waals surface area (Å²) in [6.07, 6.45) is 5.09. The summed E-state index contributed by atoms with van der Waals surface area (Å²) in [5.74, 6) is -2.68. The number of hydrogen-bond donors (Lipinski definition) is 3. The summed E-state index contributed by atoms with van der Waals surface area (Å²) in [5, 5.41) is 8.19. The van der Waals surface area contributed by atoms with E-state index < -0.39 is 53.4 Å². The van der Waals surface area contributed by atoms with Gasteiger partial charge in [-0.05, 0) is 57.9 Å². The van der Waals surface area contributed by atoms with E-state index >= 15 is 0 Å². The van der Waals surface area contributed by atoms with Crippen molar-refractivity contribution in [3.8, 4) is 0 Å². The van der Waals surface area contributed by atoms with Gasteiger partial charge in [-0.2, -0.15) is 0 Å². The predicted molar refractivity (Wildman–Crippen MR) is 159 cm³/mol. The number of esters is 1. The molecule has 1 aromatic rings. The third-order valence-electron chi connectivity index (χ3n) is 7.03. The molecule has 0 aromatic heterocycles. The van der Waals surface area contributed by atoms with Gasteiger partial charge >= 0.3 is 12.1 Å². The normalized spacial score (nSPS) is 16.1. The molecule has 1 fully saturated rings. The van der Waals surface area contributed by atoms with Gasteiger partial charge in [0.1, 0.15) is 17.7 Å². The van der Waals surface area contributed by atoms with E-state index in [1.54, 1.807) is 27.7 Å². The molecule has 1 saturated carbocycles. The number of rotatable bonds is 14. The van der Waals surface area contributed by atoms with Crippen LogP contribution in [0.4, 0.5) is 4.79 Å². The molecule has 0 aliphatic heterocycles. The van der Waals surface area contributed by atoms with Gasteiger partial charge in [-0.1, -0.05) is 76.3 Å². The Morgan fingerprint density at radius 2 is 1.45 bits per heavy atom. The monoisotopic (exact) mass is 587 g/mol. The molecule has 1 aliphatic rings. The Morgan fingerprint density at radius 1 is 0.857 bits per heavy atom. The van der Waals surface area contributed by atoms with Gasteiger partial charge in [0.15, 0.2) is 0 Å². The number of Topliss-reactive ketones (excluding diaryl/α,β-unsaturated/α-hetero) is 1. The molecule has 1 aliphatic carbocycles. The third-order valence-corrected chi connectivity index (χ3v) is 7.03. The Morgan fingerprint density at radius 3 is 2.02 bits per heavy atom. The largest absolute Gasteiger partial charge is 0.460 e. The molecular weight excluding hydrogens is 538 g/mol. The zero-order chi connectivity index (χ0) is 31.3. The van der Waals surface area contributed by atoms with Crippen molar-refractivity contribution in [3.05, 3.63) is 35.9 Å². The number of carbonyl (C=O) groups is 5. The fraction of sp³-hybridized carbons (Fsp3) is 0.656. The third kappa shape index (κ3) is 12.6. The number of nitrogens with one attached hydrogen (secondary N) is 3. The van der Waals surface area contributed by atoms with Crippen molar-refractivity contribution in [3.63, 3.8) is 0 Å². The lowest BCUT2D eigenvalue weighted by Gasteiger charge is -2.29. The molecule has 3 N–H and O–H groups in total. The molecule has 10 heteroatoms. The Kier molecular flexibility index (Phi) is 14.0. The lowest BCUT2D eigenvalue weighted by molar-refractivity contribution is -0.155. The second-order valence-electron chi connectivity index (χ2n) is 12.5. The van der Waals surface area contributed by atoms with E-state index in [0.717, 1.165) is 37.7 Å². The van der Waals surface area contributed by atoms with Crippen LogP contribution in [0.5, 0.6) is 0 Å². The molecule has 0 spiro atoms. The summed E-state index contributed by atoms with van der Waals surface area (Å²) in [6, 6.07) is 6.12. The lowest BCUT2D eigenvalue weighted by Crippen LogP contribution is -2.57. The van der Waals surface area contributed by atoms with E-state index in [1.165, 1.54) is 0 Å². The minimum atomic E-state index is -1.05. The number of hydrogen-bond acceptors (Lipinski definition) is 7. The Bertz CT molecular complexity index is 1050. The summed E-state index contributed by atoms with van der Waals surface area (Å²) in [5.41, 5.74) is 0.0441. The number of ether oxygens (including phenoxy) is 2. The topological polar surface area (TPSA) is 140 Å². The van der Waals surface area contributed by atoms with E-state index in [1.807, 2.05) is 44.2 Å². The zero-order valence-electron chi connectivity index (χ0n) is 26.0. The van der Waals surface area contributed by atoms with Crippen LogP contribution in [0.2, 0.25) is 0 Å². The fourth-order valence-corrected chi connectivity index (χ4v) is 5.09. The highest BCUT2D eigenvalue weighted by atomic mass is 16.6. The number of amides is 3. The Labute approximate surface area is 250 Å². The van der Waals surface area contributed by atoms with Crippen LogP contribution >= 0.6 is 0 Å². The molecule has 10 nitrogen and oxygen atoms in total. The van der Waals surface area contributed by atoms with Crippen LogP contribution in [-0.2, 0) is 35.1 Å². The molecule has 0 saturated heterocycles. The maximum Gasteiger partial charge on any atom is 0.408 e. The zero-order valence-corrected chi connectivity index (χ0v) is 26.0. The number of benzene rings is 1. The standard InChI is InChI=1S/C32H49N3O7/c1-7-41-30(39)27(36)24(19-22-14-10-8-11-15-22)33-28(37)25(18-21(2)3)34-29(38)26(20-23-16-12-9-13-17-23)35-31(40)42-32(4,5)6/h9,12-13,16-17,21-22,24-26H,7-8,10-11,14-15,18-20H2,1-6H3,(H,33,37)(H,34,38)(H,35,40)/t24?,25-,26-/m0/s1. The van der Waals surface area contributed by atoms with Gasteiger partial charge in [0, 0.05) is 6.42 Å². The average molecular weight is 588 g/mol. The predicted octanol–water partition coefficient (Wildman–Crippen LogP) is 4.24. The fourth-order valence-electron chi connectivity index (χ4n) is 5.09. The maximum atomic E-state index is 13.6. The number of carbonyl (C=O) groups excluding carboxylic acids is 5. The smallest absolute Gasteiger partial charge is 0.408 e. The first-order valence-corrected chi connectivity index (χ1v) is 15.1. The van der Waals surface area contributed by atoms with Crippen molar-refractivity contribution in [2.45, 2.75) is 117 Å². The summed E-state index contributed by atoms with van der Waals surface area (Å²) in [6.45, 7) is 10.7. The van der Waals surface area contributed by atoms with E-state index in [2.05, 4.69) is 16.0 Å². The van der Waals surface area contributed by atoms with Gasteiger partial charge in [0.2, 0.25) is 11.8 Å². The highest BCUT2D eigenvalue weighted by Crippen LogP contribution is 2.27. The van der Waals surface area contributed by atoms with Crippen molar-refractivity contribution < 1.29 is 33.4 Å². The van der Waals surface area contributed by atoms with E-state index in [-0.39, 0.29) is 31.3 Å². The van der Waals surface area contributed by atoms with Crippen molar-refractivity contribution >= 4 is 29.7 Å². The van der Waals surface area contributed by atoms with Crippen molar-refractivity contribution in [1.29, 1.82) is 0 Å². The summed E-state index contributed by atoms with van der Waals surface area (Å²) >= 11 is 0. The lowest BCUT2D eigenvalue weighted by atomic mass is 9.84. The molecule has 1 unspecified atom stereocenters. The minimum absolute atomic E-state index is 0.0185. The highest BCUT2D eigenvalue weighted by molar-refractivity contribution is 6.36. The molecule has 0 bridgehead atoms. The first-order valence-electron chi connectivity index (χ1n) is 15.1.